The van der Waals surface area contributed by atoms with Crippen molar-refractivity contribution in [3.63, 3.8) is 0 Å². The lowest BCUT2D eigenvalue weighted by Crippen LogP contribution is -2.09. The summed E-state index contributed by atoms with van der Waals surface area (Å²) in [6.45, 7) is 0. The number of nitrogens with zero attached hydrogens (tertiary/aromatic N) is 2. The van der Waals surface area contributed by atoms with Gasteiger partial charge in [-0.3, -0.25) is 4.68 Å². The molecule has 1 aromatic heterocycles. The third-order valence-corrected chi connectivity index (χ3v) is 5.55. The molecule has 0 spiro atoms. The van der Waals surface area contributed by atoms with E-state index in [4.69, 9.17) is 11.6 Å². The lowest BCUT2D eigenvalue weighted by Gasteiger charge is -2.22. The summed E-state index contributed by atoms with van der Waals surface area (Å²) in [5.74, 6) is -0.886. The number of alkyl halides is 3. The minimum Gasteiger partial charge on any atom is -0.478 e. The highest BCUT2D eigenvalue weighted by atomic mass is 35.5. The Morgan fingerprint density at radius 2 is 1.82 bits per heavy atom. The smallest absolute Gasteiger partial charge is 0.435 e. The van der Waals surface area contributed by atoms with Crippen molar-refractivity contribution in [2.45, 2.75) is 44.2 Å². The molecule has 2 aromatic rings. The number of carboxylic acid groups (broad SMARTS) is 1. The van der Waals surface area contributed by atoms with Gasteiger partial charge in [-0.15, -0.1) is 0 Å². The second-order valence-corrected chi connectivity index (χ2v) is 7.35. The van der Waals surface area contributed by atoms with Gasteiger partial charge in [0.1, 0.15) is 5.15 Å². The minimum atomic E-state index is -4.74. The first-order valence-electron chi connectivity index (χ1n) is 9.03. The van der Waals surface area contributed by atoms with Crippen molar-refractivity contribution in [1.82, 2.24) is 9.78 Å². The maximum Gasteiger partial charge on any atom is 0.435 e. The number of carbonyl (C=O) groups is 1. The molecule has 1 fully saturated rings. The molecule has 1 aliphatic carbocycles. The van der Waals surface area contributed by atoms with Crippen LogP contribution in [0.15, 0.2) is 24.3 Å². The molecule has 0 amide bonds. The normalized spacial score (nSPS) is 16.4. The summed E-state index contributed by atoms with van der Waals surface area (Å²) in [4.78, 5) is 11.8. The fourth-order valence-corrected chi connectivity index (χ4v) is 3.82. The first kappa shape index (κ1) is 20.5. The molecule has 28 heavy (non-hydrogen) atoms. The number of hydrogen-bond donors (Lipinski definition) is 1. The zero-order valence-electron chi connectivity index (χ0n) is 15.3. The van der Waals surface area contributed by atoms with Crippen LogP contribution < -0.4 is 0 Å². The lowest BCUT2D eigenvalue weighted by atomic mass is 9.83. The van der Waals surface area contributed by atoms with Crippen LogP contribution in [0.3, 0.4) is 0 Å². The first-order valence-corrected chi connectivity index (χ1v) is 9.41. The predicted molar refractivity (Wildman–Crippen MR) is 101 cm³/mol. The zero-order chi connectivity index (χ0) is 20.5. The van der Waals surface area contributed by atoms with E-state index in [1.165, 1.54) is 26.3 Å². The standard InChI is InChI=1S/C20H20ClF3N2O2/c1-26-18(21)16(17(25-26)20(22,23)24)11-15(19(27)28)14-9-7-13(8-10-14)12-5-3-2-4-6-12/h7-12H,2-6H2,1H3,(H,27,28)/b15-11-. The molecule has 0 bridgehead atoms. The maximum absolute atomic E-state index is 13.2. The van der Waals surface area contributed by atoms with E-state index in [0.717, 1.165) is 29.2 Å². The fourth-order valence-electron chi connectivity index (χ4n) is 3.64. The molecule has 0 atom stereocenters. The quantitative estimate of drug-likeness (QED) is 0.649. The van der Waals surface area contributed by atoms with Gasteiger partial charge >= 0.3 is 12.1 Å². The van der Waals surface area contributed by atoms with Crippen LogP contribution in [0, 0.1) is 0 Å². The average molecular weight is 413 g/mol. The highest BCUT2D eigenvalue weighted by Gasteiger charge is 2.38. The summed E-state index contributed by atoms with van der Waals surface area (Å²) in [5, 5.41) is 12.7. The van der Waals surface area contributed by atoms with Crippen LogP contribution in [-0.4, -0.2) is 20.9 Å². The number of aromatic nitrogens is 2. The second-order valence-electron chi connectivity index (χ2n) is 6.99. The van der Waals surface area contributed by atoms with E-state index in [1.54, 1.807) is 12.1 Å². The molecule has 150 valence electrons. The van der Waals surface area contributed by atoms with E-state index in [-0.39, 0.29) is 10.7 Å². The van der Waals surface area contributed by atoms with E-state index < -0.39 is 23.4 Å². The Morgan fingerprint density at radius 3 is 2.36 bits per heavy atom. The molecule has 8 heteroatoms. The van der Waals surface area contributed by atoms with Gasteiger partial charge in [-0.2, -0.15) is 18.3 Å². The first-order chi connectivity index (χ1) is 13.2. The Labute approximate surface area is 165 Å². The van der Waals surface area contributed by atoms with Gasteiger partial charge in [0.05, 0.1) is 5.57 Å². The molecule has 4 nitrogen and oxygen atoms in total. The van der Waals surface area contributed by atoms with Crippen LogP contribution in [0.1, 0.15) is 60.4 Å². The summed E-state index contributed by atoms with van der Waals surface area (Å²) < 4.78 is 40.6. The van der Waals surface area contributed by atoms with E-state index in [9.17, 15) is 23.1 Å². The van der Waals surface area contributed by atoms with Crippen molar-refractivity contribution in [3.8, 4) is 0 Å². The van der Waals surface area contributed by atoms with E-state index >= 15 is 0 Å². The summed E-state index contributed by atoms with van der Waals surface area (Å²) in [6.07, 6.45) is 1.97. The highest BCUT2D eigenvalue weighted by molar-refractivity contribution is 6.32. The molecule has 1 aromatic carbocycles. The van der Waals surface area contributed by atoms with Gasteiger partial charge in [0, 0.05) is 12.6 Å². The average Bonchev–Trinajstić information content (AvgIpc) is 2.95. The van der Waals surface area contributed by atoms with Crippen LogP contribution in [0.25, 0.3) is 11.6 Å². The second kappa shape index (κ2) is 7.99. The van der Waals surface area contributed by atoms with Crippen molar-refractivity contribution < 1.29 is 23.1 Å². The number of halogens is 4. The van der Waals surface area contributed by atoms with Crippen LogP contribution in [0.4, 0.5) is 13.2 Å². The summed E-state index contributed by atoms with van der Waals surface area (Å²) in [7, 11) is 1.27. The largest absolute Gasteiger partial charge is 0.478 e. The lowest BCUT2D eigenvalue weighted by molar-refractivity contribution is -0.141. The van der Waals surface area contributed by atoms with Gasteiger partial charge in [0.25, 0.3) is 0 Å². The molecule has 0 unspecified atom stereocenters. The topological polar surface area (TPSA) is 55.1 Å². The summed E-state index contributed by atoms with van der Waals surface area (Å²) >= 11 is 5.95. The van der Waals surface area contributed by atoms with Gasteiger partial charge in [-0.05, 0) is 36.0 Å². The van der Waals surface area contributed by atoms with Gasteiger partial charge < -0.3 is 5.11 Å². The molecule has 0 saturated heterocycles. The summed E-state index contributed by atoms with van der Waals surface area (Å²) in [6, 6.07) is 7.00. The van der Waals surface area contributed by atoms with Gasteiger partial charge in [-0.25, -0.2) is 4.79 Å². The molecule has 1 saturated carbocycles. The Hall–Kier alpha value is -2.28. The van der Waals surface area contributed by atoms with Crippen molar-refractivity contribution in [2.75, 3.05) is 0 Å². The Kier molecular flexibility index (Phi) is 5.84. The molecule has 1 heterocycles. The monoisotopic (exact) mass is 412 g/mol. The third kappa shape index (κ3) is 4.24. The number of benzene rings is 1. The SMILES string of the molecule is Cn1nc(C(F)(F)F)c(/C=C(\C(=O)O)c2ccc(C3CCCCC3)cc2)c1Cl. The van der Waals surface area contributed by atoms with Gasteiger partial charge in [-0.1, -0.05) is 55.1 Å². The number of hydrogen-bond acceptors (Lipinski definition) is 2. The fraction of sp³-hybridized carbons (Fsp3) is 0.400. The molecular weight excluding hydrogens is 393 g/mol. The van der Waals surface area contributed by atoms with Crippen LogP contribution in [0.5, 0.6) is 0 Å². The summed E-state index contributed by atoms with van der Waals surface area (Å²) in [5.41, 5.74) is -0.484. The van der Waals surface area contributed by atoms with Crippen molar-refractivity contribution in [3.05, 3.63) is 51.8 Å². The molecule has 1 aliphatic rings. The number of aryl methyl sites for hydroxylation is 1. The molecule has 0 aliphatic heterocycles. The van der Waals surface area contributed by atoms with Gasteiger partial charge in [0.2, 0.25) is 0 Å². The molecule has 0 radical (unpaired) electrons. The van der Waals surface area contributed by atoms with E-state index in [1.807, 2.05) is 12.1 Å². The predicted octanol–water partition coefficient (Wildman–Crippen LogP) is 5.77. The Balaban J connectivity index is 2.00. The van der Waals surface area contributed by atoms with Crippen molar-refractivity contribution >= 4 is 29.2 Å². The zero-order valence-corrected chi connectivity index (χ0v) is 16.0. The van der Waals surface area contributed by atoms with Crippen molar-refractivity contribution in [2.24, 2.45) is 7.05 Å². The minimum absolute atomic E-state index is 0.268. The van der Waals surface area contributed by atoms with E-state index in [0.29, 0.717) is 11.5 Å². The Bertz CT molecular complexity index is 895. The van der Waals surface area contributed by atoms with Crippen LogP contribution in [-0.2, 0) is 18.0 Å². The number of rotatable bonds is 4. The van der Waals surface area contributed by atoms with Crippen LogP contribution >= 0.6 is 11.6 Å². The van der Waals surface area contributed by atoms with E-state index in [2.05, 4.69) is 5.10 Å². The number of carboxylic acids is 1. The molecular formula is C20H20ClF3N2O2. The van der Waals surface area contributed by atoms with Crippen LogP contribution in [0.2, 0.25) is 5.15 Å². The molecule has 3 rings (SSSR count). The van der Waals surface area contributed by atoms with Crippen molar-refractivity contribution in [1.29, 1.82) is 0 Å². The Morgan fingerprint density at radius 1 is 1.21 bits per heavy atom. The maximum atomic E-state index is 13.2. The third-order valence-electron chi connectivity index (χ3n) is 5.10. The highest BCUT2D eigenvalue weighted by Crippen LogP contribution is 2.37. The van der Waals surface area contributed by atoms with Gasteiger partial charge in [0.15, 0.2) is 5.69 Å². The number of aliphatic carboxylic acids is 1. The molecule has 1 N–H and O–H groups in total.